The van der Waals surface area contributed by atoms with E-state index in [0.717, 1.165) is 5.56 Å². The first kappa shape index (κ1) is 16.6. The quantitative estimate of drug-likeness (QED) is 0.768. The van der Waals surface area contributed by atoms with Crippen molar-refractivity contribution in [3.05, 3.63) is 34.1 Å². The molecule has 1 aromatic rings. The first-order valence-electron chi connectivity index (χ1n) is 6.39. The lowest BCUT2D eigenvalue weighted by Crippen LogP contribution is -2.30. The Bertz CT molecular complexity index is 388. The van der Waals surface area contributed by atoms with Crippen molar-refractivity contribution in [1.82, 2.24) is 5.32 Å². The van der Waals surface area contributed by atoms with Gasteiger partial charge in [-0.2, -0.15) is 0 Å². The van der Waals surface area contributed by atoms with E-state index in [9.17, 15) is 9.50 Å². The first-order chi connectivity index (χ1) is 8.99. The molecule has 2 N–H and O–H groups in total. The summed E-state index contributed by atoms with van der Waals surface area (Å²) in [5.74, 6) is 0.186. The van der Waals surface area contributed by atoms with Gasteiger partial charge in [-0.25, -0.2) is 4.39 Å². The molecule has 1 unspecified atom stereocenters. The van der Waals surface area contributed by atoms with Crippen LogP contribution in [-0.2, 0) is 11.3 Å². The number of ether oxygens (including phenoxy) is 1. The molecule has 0 spiro atoms. The molecule has 3 nitrogen and oxygen atoms in total. The van der Waals surface area contributed by atoms with Crippen molar-refractivity contribution < 1.29 is 14.2 Å². The normalized spacial score (nSPS) is 12.9. The SMILES string of the molecule is CC(C)COCC(O)CNCc1ccc(Br)c(F)c1. The van der Waals surface area contributed by atoms with E-state index in [2.05, 4.69) is 35.1 Å². The molecule has 0 saturated carbocycles. The Morgan fingerprint density at radius 3 is 2.74 bits per heavy atom. The summed E-state index contributed by atoms with van der Waals surface area (Å²) in [7, 11) is 0. The van der Waals surface area contributed by atoms with E-state index in [1.165, 1.54) is 6.07 Å². The average Bonchev–Trinajstić information content (AvgIpc) is 2.33. The van der Waals surface area contributed by atoms with Crippen LogP contribution in [0.4, 0.5) is 4.39 Å². The van der Waals surface area contributed by atoms with Gasteiger partial charge in [-0.15, -0.1) is 0 Å². The Morgan fingerprint density at radius 1 is 1.37 bits per heavy atom. The Kier molecular flexibility index (Phi) is 7.53. The molecule has 0 saturated heterocycles. The lowest BCUT2D eigenvalue weighted by molar-refractivity contribution is 0.0260. The van der Waals surface area contributed by atoms with Crippen LogP contribution in [0.25, 0.3) is 0 Å². The van der Waals surface area contributed by atoms with Gasteiger partial charge in [0.1, 0.15) is 5.82 Å². The first-order valence-corrected chi connectivity index (χ1v) is 7.18. The Morgan fingerprint density at radius 2 is 2.11 bits per heavy atom. The molecular weight excluding hydrogens is 313 g/mol. The van der Waals surface area contributed by atoms with E-state index in [-0.39, 0.29) is 5.82 Å². The number of aliphatic hydroxyl groups is 1. The summed E-state index contributed by atoms with van der Waals surface area (Å²) in [6, 6.07) is 4.98. The molecule has 1 aromatic carbocycles. The number of nitrogens with one attached hydrogen (secondary N) is 1. The minimum Gasteiger partial charge on any atom is -0.389 e. The summed E-state index contributed by atoms with van der Waals surface area (Å²) < 4.78 is 19.1. The molecule has 1 rings (SSSR count). The number of hydrogen-bond donors (Lipinski definition) is 2. The van der Waals surface area contributed by atoms with Gasteiger partial charge >= 0.3 is 0 Å². The van der Waals surface area contributed by atoms with Gasteiger partial charge in [-0.3, -0.25) is 0 Å². The van der Waals surface area contributed by atoms with E-state index in [0.29, 0.717) is 36.7 Å². The van der Waals surface area contributed by atoms with Gasteiger partial charge in [0.25, 0.3) is 0 Å². The molecule has 0 fully saturated rings. The lowest BCUT2D eigenvalue weighted by Gasteiger charge is -2.13. The second kappa shape index (κ2) is 8.64. The maximum absolute atomic E-state index is 13.3. The van der Waals surface area contributed by atoms with Gasteiger partial charge in [-0.1, -0.05) is 19.9 Å². The fraction of sp³-hybridized carbons (Fsp3) is 0.571. The molecule has 1 atom stereocenters. The van der Waals surface area contributed by atoms with Gasteiger partial charge in [0.2, 0.25) is 0 Å². The largest absolute Gasteiger partial charge is 0.389 e. The van der Waals surface area contributed by atoms with Crippen LogP contribution < -0.4 is 5.32 Å². The number of hydrogen-bond acceptors (Lipinski definition) is 3. The van der Waals surface area contributed by atoms with E-state index >= 15 is 0 Å². The fourth-order valence-corrected chi connectivity index (χ4v) is 1.78. The summed E-state index contributed by atoms with van der Waals surface area (Å²) in [4.78, 5) is 0. The molecule has 0 amide bonds. The zero-order valence-electron chi connectivity index (χ0n) is 11.3. The molecule has 0 aliphatic carbocycles. The molecule has 0 aromatic heterocycles. The van der Waals surface area contributed by atoms with Crippen molar-refractivity contribution >= 4 is 15.9 Å². The summed E-state index contributed by atoms with van der Waals surface area (Å²) >= 11 is 3.11. The van der Waals surface area contributed by atoms with E-state index < -0.39 is 6.10 Å². The second-order valence-electron chi connectivity index (χ2n) is 4.96. The molecule has 0 radical (unpaired) electrons. The minimum absolute atomic E-state index is 0.278. The predicted molar refractivity (Wildman–Crippen MR) is 77.5 cm³/mol. The monoisotopic (exact) mass is 333 g/mol. The number of rotatable bonds is 8. The topological polar surface area (TPSA) is 41.5 Å². The van der Waals surface area contributed by atoms with Crippen LogP contribution in [0.3, 0.4) is 0 Å². The average molecular weight is 334 g/mol. The molecule has 0 aliphatic rings. The van der Waals surface area contributed by atoms with Crippen LogP contribution in [-0.4, -0.2) is 31.0 Å². The summed E-state index contributed by atoms with van der Waals surface area (Å²) in [6.45, 7) is 6.04. The van der Waals surface area contributed by atoms with Gasteiger partial charge < -0.3 is 15.2 Å². The van der Waals surface area contributed by atoms with Gasteiger partial charge in [0, 0.05) is 19.7 Å². The minimum atomic E-state index is -0.543. The van der Waals surface area contributed by atoms with Crippen molar-refractivity contribution in [3.8, 4) is 0 Å². The highest BCUT2D eigenvalue weighted by Gasteiger charge is 2.05. The molecular formula is C14H21BrFNO2. The smallest absolute Gasteiger partial charge is 0.137 e. The van der Waals surface area contributed by atoms with Crippen molar-refractivity contribution in [2.75, 3.05) is 19.8 Å². The zero-order valence-corrected chi connectivity index (χ0v) is 12.9. The molecule has 19 heavy (non-hydrogen) atoms. The zero-order chi connectivity index (χ0) is 14.3. The molecule has 5 heteroatoms. The fourth-order valence-electron chi connectivity index (χ4n) is 1.53. The molecule has 0 aliphatic heterocycles. The highest BCUT2D eigenvalue weighted by Crippen LogP contribution is 2.16. The number of benzene rings is 1. The third kappa shape index (κ3) is 7.01. The molecule has 108 valence electrons. The van der Waals surface area contributed by atoms with Crippen LogP contribution >= 0.6 is 15.9 Å². The van der Waals surface area contributed by atoms with Crippen LogP contribution in [0.2, 0.25) is 0 Å². The predicted octanol–water partition coefficient (Wildman–Crippen LogP) is 2.71. The van der Waals surface area contributed by atoms with Gasteiger partial charge in [0.05, 0.1) is 17.2 Å². The standard InChI is InChI=1S/C14H21BrFNO2/c1-10(2)8-19-9-12(18)7-17-6-11-3-4-13(15)14(16)5-11/h3-5,10,12,17-18H,6-9H2,1-2H3. The highest BCUT2D eigenvalue weighted by molar-refractivity contribution is 9.10. The summed E-state index contributed by atoms with van der Waals surface area (Å²) in [6.07, 6.45) is -0.543. The second-order valence-corrected chi connectivity index (χ2v) is 5.82. The van der Waals surface area contributed by atoms with Crippen LogP contribution in [0.15, 0.2) is 22.7 Å². The van der Waals surface area contributed by atoms with E-state index in [1.807, 2.05) is 6.07 Å². The molecule has 0 bridgehead atoms. The third-order valence-electron chi connectivity index (χ3n) is 2.45. The van der Waals surface area contributed by atoms with E-state index in [4.69, 9.17) is 4.74 Å². The Labute approximate surface area is 122 Å². The molecule has 0 heterocycles. The Hall–Kier alpha value is -0.490. The number of aliphatic hydroxyl groups excluding tert-OH is 1. The third-order valence-corrected chi connectivity index (χ3v) is 3.10. The lowest BCUT2D eigenvalue weighted by atomic mass is 10.2. The highest BCUT2D eigenvalue weighted by atomic mass is 79.9. The van der Waals surface area contributed by atoms with Crippen LogP contribution in [0, 0.1) is 11.7 Å². The van der Waals surface area contributed by atoms with Crippen LogP contribution in [0.5, 0.6) is 0 Å². The van der Waals surface area contributed by atoms with Crippen LogP contribution in [0.1, 0.15) is 19.4 Å². The van der Waals surface area contributed by atoms with Crippen molar-refractivity contribution in [1.29, 1.82) is 0 Å². The maximum atomic E-state index is 13.3. The van der Waals surface area contributed by atoms with Crippen molar-refractivity contribution in [3.63, 3.8) is 0 Å². The maximum Gasteiger partial charge on any atom is 0.137 e. The number of halogens is 2. The summed E-state index contributed by atoms with van der Waals surface area (Å²) in [5, 5.41) is 12.7. The summed E-state index contributed by atoms with van der Waals surface area (Å²) in [5.41, 5.74) is 0.844. The Balaban J connectivity index is 2.20. The van der Waals surface area contributed by atoms with Gasteiger partial charge in [-0.05, 0) is 39.5 Å². The van der Waals surface area contributed by atoms with Crippen molar-refractivity contribution in [2.45, 2.75) is 26.5 Å². The van der Waals surface area contributed by atoms with Gasteiger partial charge in [0.15, 0.2) is 0 Å². The van der Waals surface area contributed by atoms with Crippen molar-refractivity contribution in [2.24, 2.45) is 5.92 Å². The van der Waals surface area contributed by atoms with E-state index in [1.54, 1.807) is 6.07 Å².